The number of hydrogen-bond acceptors (Lipinski definition) is 6. The van der Waals surface area contributed by atoms with E-state index in [0.717, 1.165) is 11.8 Å². The number of carbonyl (C=O) groups excluding carboxylic acids is 2. The predicted octanol–water partition coefficient (Wildman–Crippen LogP) is -0.289. The zero-order chi connectivity index (χ0) is 16.2. The van der Waals surface area contributed by atoms with Crippen LogP contribution in [0.15, 0.2) is 29.3 Å². The van der Waals surface area contributed by atoms with Crippen LogP contribution < -0.4 is 21.5 Å². The molecule has 23 heavy (non-hydrogen) atoms. The van der Waals surface area contributed by atoms with Crippen molar-refractivity contribution in [1.29, 1.82) is 0 Å². The van der Waals surface area contributed by atoms with Crippen molar-refractivity contribution in [2.24, 2.45) is 10.9 Å². The number of fused-ring (bicyclic) bond motifs is 1. The topological polar surface area (TPSA) is 94.6 Å². The summed E-state index contributed by atoms with van der Waals surface area (Å²) in [6.45, 7) is 0.655. The van der Waals surface area contributed by atoms with Crippen LogP contribution in [-0.2, 0) is 16.1 Å². The molecule has 0 aromatic heterocycles. The molecule has 0 saturated carbocycles. The summed E-state index contributed by atoms with van der Waals surface area (Å²) in [5.41, 5.74) is 6.22. The highest BCUT2D eigenvalue weighted by Gasteiger charge is 2.36. The zero-order valence-electron chi connectivity index (χ0n) is 12.1. The molecule has 1 aromatic rings. The maximum Gasteiger partial charge on any atom is 0.233 e. The fourth-order valence-electron chi connectivity index (χ4n) is 2.29. The quantitative estimate of drug-likeness (QED) is 0.606. The lowest BCUT2D eigenvalue weighted by molar-refractivity contribution is -0.123. The Morgan fingerprint density at radius 1 is 1.43 bits per heavy atom. The highest BCUT2D eigenvalue weighted by Crippen LogP contribution is 2.17. The fraction of sp³-hybridized carbons (Fsp3) is 0.357. The molecule has 1 aromatic carbocycles. The summed E-state index contributed by atoms with van der Waals surface area (Å²) in [6, 6.07) is 6.28. The molecule has 7 nitrogen and oxygen atoms in total. The van der Waals surface area contributed by atoms with E-state index < -0.39 is 0 Å². The maximum absolute atomic E-state index is 13.4. The van der Waals surface area contributed by atoms with Crippen LogP contribution in [0.25, 0.3) is 0 Å². The summed E-state index contributed by atoms with van der Waals surface area (Å²) >= 11 is 1.14. The molecule has 0 radical (unpaired) electrons. The normalized spacial score (nSPS) is 23.0. The number of thioether (sulfide) groups is 1. The SMILES string of the molecule is O=C(CSC1=NC2NNCC2C(=O)N1)NCc1ccccc1F. The Balaban J connectivity index is 1.48. The number of amides is 2. The van der Waals surface area contributed by atoms with Crippen LogP contribution in [-0.4, -0.2) is 35.4 Å². The highest BCUT2D eigenvalue weighted by atomic mass is 32.2. The molecule has 2 unspecified atom stereocenters. The first-order chi connectivity index (χ1) is 11.1. The van der Waals surface area contributed by atoms with Gasteiger partial charge in [0.25, 0.3) is 0 Å². The van der Waals surface area contributed by atoms with Crippen LogP contribution in [0, 0.1) is 11.7 Å². The van der Waals surface area contributed by atoms with Crippen LogP contribution >= 0.6 is 11.8 Å². The lowest BCUT2D eigenvalue weighted by Crippen LogP contribution is -2.46. The van der Waals surface area contributed by atoms with Crippen LogP contribution in [0.2, 0.25) is 0 Å². The Labute approximate surface area is 136 Å². The number of nitrogens with one attached hydrogen (secondary N) is 4. The minimum absolute atomic E-state index is 0.0956. The van der Waals surface area contributed by atoms with Crippen molar-refractivity contribution in [2.45, 2.75) is 12.7 Å². The molecule has 0 spiro atoms. The number of hydrogen-bond donors (Lipinski definition) is 4. The van der Waals surface area contributed by atoms with E-state index in [4.69, 9.17) is 0 Å². The second-order valence-corrected chi connectivity index (χ2v) is 6.12. The van der Waals surface area contributed by atoms with Crippen LogP contribution in [0.4, 0.5) is 4.39 Å². The lowest BCUT2D eigenvalue weighted by Gasteiger charge is -2.21. The van der Waals surface area contributed by atoms with Crippen LogP contribution in [0.5, 0.6) is 0 Å². The van der Waals surface area contributed by atoms with Gasteiger partial charge in [0.15, 0.2) is 5.17 Å². The Hall–Kier alpha value is -1.97. The predicted molar refractivity (Wildman–Crippen MR) is 84.7 cm³/mol. The average Bonchev–Trinajstić information content (AvgIpc) is 3.01. The smallest absolute Gasteiger partial charge is 0.233 e. The summed E-state index contributed by atoms with van der Waals surface area (Å²) in [5, 5.41) is 5.73. The van der Waals surface area contributed by atoms with Gasteiger partial charge in [0.1, 0.15) is 12.0 Å². The summed E-state index contributed by atoms with van der Waals surface area (Å²) in [4.78, 5) is 28.0. The van der Waals surface area contributed by atoms with E-state index in [1.165, 1.54) is 6.07 Å². The van der Waals surface area contributed by atoms with E-state index in [1.807, 2.05) is 0 Å². The molecule has 9 heteroatoms. The fourth-order valence-corrected chi connectivity index (χ4v) is 3.03. The van der Waals surface area contributed by atoms with Crippen molar-refractivity contribution in [3.63, 3.8) is 0 Å². The van der Waals surface area contributed by atoms with E-state index >= 15 is 0 Å². The molecule has 1 fully saturated rings. The van der Waals surface area contributed by atoms with Crippen molar-refractivity contribution in [3.05, 3.63) is 35.6 Å². The van der Waals surface area contributed by atoms with Crippen molar-refractivity contribution >= 4 is 28.7 Å². The molecule has 2 atom stereocenters. The molecule has 1 saturated heterocycles. The van der Waals surface area contributed by atoms with Gasteiger partial charge in [-0.05, 0) is 6.07 Å². The molecule has 122 valence electrons. The Bertz CT molecular complexity index is 654. The lowest BCUT2D eigenvalue weighted by atomic mass is 10.1. The number of amidine groups is 1. The Morgan fingerprint density at radius 2 is 2.26 bits per heavy atom. The van der Waals surface area contributed by atoms with Crippen LogP contribution in [0.1, 0.15) is 5.56 Å². The summed E-state index contributed by atoms with van der Waals surface area (Å²) in [5.74, 6) is -0.852. The molecule has 0 aliphatic carbocycles. The number of hydrazine groups is 1. The first-order valence-electron chi connectivity index (χ1n) is 7.13. The van der Waals surface area contributed by atoms with Gasteiger partial charge in [0.2, 0.25) is 11.8 Å². The number of nitrogens with zero attached hydrogens (tertiary/aromatic N) is 1. The van der Waals surface area contributed by atoms with Gasteiger partial charge in [-0.15, -0.1) is 0 Å². The van der Waals surface area contributed by atoms with Crippen molar-refractivity contribution < 1.29 is 14.0 Å². The zero-order valence-corrected chi connectivity index (χ0v) is 13.0. The van der Waals surface area contributed by atoms with E-state index in [0.29, 0.717) is 17.3 Å². The van der Waals surface area contributed by atoms with E-state index in [1.54, 1.807) is 18.2 Å². The molecule has 2 amide bonds. The molecule has 2 aliphatic rings. The average molecular weight is 337 g/mol. The molecule has 3 rings (SSSR count). The number of rotatable bonds is 4. The van der Waals surface area contributed by atoms with Gasteiger partial charge < -0.3 is 10.6 Å². The molecular weight excluding hydrogens is 321 g/mol. The van der Waals surface area contributed by atoms with Crippen molar-refractivity contribution in [1.82, 2.24) is 21.5 Å². The minimum atomic E-state index is -0.352. The van der Waals surface area contributed by atoms with Crippen molar-refractivity contribution in [3.8, 4) is 0 Å². The second-order valence-electron chi connectivity index (χ2n) is 5.16. The minimum Gasteiger partial charge on any atom is -0.351 e. The second kappa shape index (κ2) is 7.07. The Kier molecular flexibility index (Phi) is 4.89. The van der Waals surface area contributed by atoms with Gasteiger partial charge in [0.05, 0.1) is 11.7 Å². The number of aliphatic imine (C=N–C) groups is 1. The molecule has 2 heterocycles. The Morgan fingerprint density at radius 3 is 3.09 bits per heavy atom. The monoisotopic (exact) mass is 337 g/mol. The maximum atomic E-state index is 13.4. The third kappa shape index (κ3) is 3.87. The highest BCUT2D eigenvalue weighted by molar-refractivity contribution is 8.14. The molecule has 0 bridgehead atoms. The third-order valence-corrected chi connectivity index (χ3v) is 4.44. The van der Waals surface area contributed by atoms with E-state index in [9.17, 15) is 14.0 Å². The van der Waals surface area contributed by atoms with Gasteiger partial charge in [-0.25, -0.2) is 14.8 Å². The third-order valence-electron chi connectivity index (χ3n) is 3.55. The van der Waals surface area contributed by atoms with Gasteiger partial charge in [-0.3, -0.25) is 15.0 Å². The van der Waals surface area contributed by atoms with Gasteiger partial charge in [0, 0.05) is 18.7 Å². The van der Waals surface area contributed by atoms with Gasteiger partial charge >= 0.3 is 0 Å². The largest absolute Gasteiger partial charge is 0.351 e. The van der Waals surface area contributed by atoms with Gasteiger partial charge in [-0.1, -0.05) is 30.0 Å². The van der Waals surface area contributed by atoms with E-state index in [2.05, 4.69) is 26.5 Å². The first kappa shape index (κ1) is 15.9. The summed E-state index contributed by atoms with van der Waals surface area (Å²) in [7, 11) is 0. The molecule has 4 N–H and O–H groups in total. The van der Waals surface area contributed by atoms with Crippen LogP contribution in [0.3, 0.4) is 0 Å². The molecular formula is C14H16FN5O2S. The number of carbonyl (C=O) groups is 2. The summed E-state index contributed by atoms with van der Waals surface area (Å²) < 4.78 is 13.4. The van der Waals surface area contributed by atoms with Gasteiger partial charge in [-0.2, -0.15) is 0 Å². The summed E-state index contributed by atoms with van der Waals surface area (Å²) in [6.07, 6.45) is -0.298. The van der Waals surface area contributed by atoms with E-state index in [-0.39, 0.29) is 42.0 Å². The number of benzene rings is 1. The number of halogens is 1. The van der Waals surface area contributed by atoms with Crippen molar-refractivity contribution in [2.75, 3.05) is 12.3 Å². The first-order valence-corrected chi connectivity index (χ1v) is 8.12. The standard InChI is InChI=1S/C14H16FN5O2S/c15-10-4-2-1-3-8(10)5-16-11(21)7-23-14-18-12-9(6-17-20-12)13(22)19-14/h1-4,9,12,17,20H,5-7H2,(H,16,21)(H,18,19,22). The molecule has 2 aliphatic heterocycles.